The van der Waals surface area contributed by atoms with Crippen LogP contribution in [-0.2, 0) is 12.3 Å². The van der Waals surface area contributed by atoms with Gasteiger partial charge in [-0.2, -0.15) is 9.90 Å². The lowest BCUT2D eigenvalue weighted by Gasteiger charge is -2.10. The van der Waals surface area contributed by atoms with E-state index in [1.807, 2.05) is 77.6 Å². The first-order valence-corrected chi connectivity index (χ1v) is 12.4. The van der Waals surface area contributed by atoms with Gasteiger partial charge in [0, 0.05) is 10.2 Å². The van der Waals surface area contributed by atoms with Gasteiger partial charge in [0.25, 0.3) is 0 Å². The number of hydrogen-bond acceptors (Lipinski definition) is 6. The Labute approximate surface area is 209 Å². The quantitative estimate of drug-likeness (QED) is 0.241. The molecule has 0 bridgehead atoms. The lowest BCUT2D eigenvalue weighted by Crippen LogP contribution is -2.04. The number of thioether (sulfide) groups is 1. The maximum atomic E-state index is 5.23. The Kier molecular flexibility index (Phi) is 6.73. The summed E-state index contributed by atoms with van der Waals surface area (Å²) in [5, 5.41) is 18.9. The lowest BCUT2D eigenvalue weighted by molar-refractivity contribution is 0.414. The fraction of sp³-hybridized carbons (Fsp3) is 0.120. The Balaban J connectivity index is 1.46. The molecule has 170 valence electrons. The van der Waals surface area contributed by atoms with E-state index in [0.717, 1.165) is 37.8 Å². The third-order valence-corrected chi connectivity index (χ3v) is 7.02. The standard InChI is InChI=1S/C25H21BrN6OS/c1-33-20-13-11-18(12-14-20)16-31-29-24(28-30-31)21-15-27-32(23-10-6-5-9-22(23)26)25(21)34-17-19-7-3-2-4-8-19/h2-15H,16-17H2,1H3. The van der Waals surface area contributed by atoms with Crippen molar-refractivity contribution in [3.8, 4) is 22.8 Å². The van der Waals surface area contributed by atoms with Crippen molar-refractivity contribution in [3.05, 3.63) is 101 Å². The number of methoxy groups -OCH3 is 1. The molecule has 5 rings (SSSR count). The molecule has 0 aliphatic carbocycles. The SMILES string of the molecule is COc1ccc(Cn2nnc(-c3cnn(-c4ccccc4Br)c3SCc3ccccc3)n2)cc1. The Morgan fingerprint density at radius 2 is 1.68 bits per heavy atom. The van der Waals surface area contributed by atoms with Crippen LogP contribution in [0.4, 0.5) is 0 Å². The molecular formula is C25H21BrN6OS. The smallest absolute Gasteiger partial charge is 0.209 e. The number of para-hydroxylation sites is 1. The average Bonchev–Trinajstić information content (AvgIpc) is 3.51. The van der Waals surface area contributed by atoms with E-state index in [0.29, 0.717) is 12.4 Å². The Morgan fingerprint density at radius 3 is 2.44 bits per heavy atom. The molecule has 0 aliphatic rings. The molecule has 0 aliphatic heterocycles. The van der Waals surface area contributed by atoms with E-state index in [2.05, 4.69) is 48.6 Å². The highest BCUT2D eigenvalue weighted by molar-refractivity contribution is 9.10. The minimum absolute atomic E-state index is 0.516. The minimum atomic E-state index is 0.516. The molecule has 2 aromatic heterocycles. The number of rotatable bonds is 8. The molecule has 2 heterocycles. The summed E-state index contributed by atoms with van der Waals surface area (Å²) in [4.78, 5) is 1.60. The van der Waals surface area contributed by atoms with E-state index in [-0.39, 0.29) is 0 Å². The van der Waals surface area contributed by atoms with E-state index in [4.69, 9.17) is 4.74 Å². The molecule has 0 saturated heterocycles. The molecule has 3 aromatic carbocycles. The fourth-order valence-corrected chi connectivity index (χ4v) is 4.98. The first-order chi connectivity index (χ1) is 16.7. The van der Waals surface area contributed by atoms with E-state index in [9.17, 15) is 0 Å². The van der Waals surface area contributed by atoms with Crippen LogP contribution in [0, 0.1) is 0 Å². The van der Waals surface area contributed by atoms with Crippen molar-refractivity contribution in [2.75, 3.05) is 7.11 Å². The summed E-state index contributed by atoms with van der Waals surface area (Å²) in [6.07, 6.45) is 1.81. The zero-order chi connectivity index (χ0) is 23.3. The molecule has 34 heavy (non-hydrogen) atoms. The number of nitrogens with zero attached hydrogens (tertiary/aromatic N) is 6. The molecule has 5 aromatic rings. The van der Waals surface area contributed by atoms with Gasteiger partial charge in [-0.1, -0.05) is 54.6 Å². The van der Waals surface area contributed by atoms with Gasteiger partial charge < -0.3 is 4.74 Å². The van der Waals surface area contributed by atoms with Crippen LogP contribution in [0.3, 0.4) is 0 Å². The van der Waals surface area contributed by atoms with Gasteiger partial charge in [0.2, 0.25) is 5.82 Å². The van der Waals surface area contributed by atoms with E-state index in [1.165, 1.54) is 5.56 Å². The van der Waals surface area contributed by atoms with Crippen molar-refractivity contribution in [1.29, 1.82) is 0 Å². The highest BCUT2D eigenvalue weighted by atomic mass is 79.9. The van der Waals surface area contributed by atoms with Gasteiger partial charge in [-0.25, -0.2) is 4.68 Å². The summed E-state index contributed by atoms with van der Waals surface area (Å²) in [6.45, 7) is 0.516. The Hall–Kier alpha value is -3.43. The number of halogens is 1. The largest absolute Gasteiger partial charge is 0.497 e. The number of aromatic nitrogens is 6. The molecule has 9 heteroatoms. The van der Waals surface area contributed by atoms with Gasteiger partial charge in [0.05, 0.1) is 31.1 Å². The van der Waals surface area contributed by atoms with Crippen LogP contribution in [0.25, 0.3) is 17.1 Å². The van der Waals surface area contributed by atoms with E-state index < -0.39 is 0 Å². The summed E-state index contributed by atoms with van der Waals surface area (Å²) in [7, 11) is 1.65. The third kappa shape index (κ3) is 4.90. The van der Waals surface area contributed by atoms with Crippen molar-refractivity contribution >= 4 is 27.7 Å². The number of ether oxygens (including phenoxy) is 1. The van der Waals surface area contributed by atoms with Crippen molar-refractivity contribution < 1.29 is 4.74 Å². The van der Waals surface area contributed by atoms with E-state index >= 15 is 0 Å². The summed E-state index contributed by atoms with van der Waals surface area (Å²) in [5.74, 6) is 2.15. The summed E-state index contributed by atoms with van der Waals surface area (Å²) in [6, 6.07) is 26.2. The van der Waals surface area contributed by atoms with Crippen LogP contribution < -0.4 is 4.74 Å². The highest BCUT2D eigenvalue weighted by Crippen LogP contribution is 2.35. The fourth-order valence-electron chi connectivity index (χ4n) is 3.46. The second kappa shape index (κ2) is 10.2. The van der Waals surface area contributed by atoms with Crippen LogP contribution in [0.5, 0.6) is 5.75 Å². The first kappa shape index (κ1) is 22.4. The van der Waals surface area contributed by atoms with E-state index in [1.54, 1.807) is 23.7 Å². The average molecular weight is 533 g/mol. The maximum absolute atomic E-state index is 5.23. The van der Waals surface area contributed by atoms with Gasteiger partial charge >= 0.3 is 0 Å². The van der Waals surface area contributed by atoms with Crippen LogP contribution in [0.2, 0.25) is 0 Å². The molecule has 0 saturated carbocycles. The molecule has 0 amide bonds. The van der Waals surface area contributed by atoms with Crippen LogP contribution >= 0.6 is 27.7 Å². The van der Waals surface area contributed by atoms with Crippen molar-refractivity contribution in [1.82, 2.24) is 30.0 Å². The second-order valence-corrected chi connectivity index (χ2v) is 9.31. The van der Waals surface area contributed by atoms with Crippen LogP contribution in [-0.4, -0.2) is 37.1 Å². The first-order valence-electron chi connectivity index (χ1n) is 10.6. The van der Waals surface area contributed by atoms with Crippen molar-refractivity contribution in [2.45, 2.75) is 17.3 Å². The minimum Gasteiger partial charge on any atom is -0.497 e. The van der Waals surface area contributed by atoms with Gasteiger partial charge in [0.1, 0.15) is 10.8 Å². The Bertz CT molecular complexity index is 1380. The molecule has 0 unspecified atom stereocenters. The molecule has 7 nitrogen and oxygen atoms in total. The van der Waals surface area contributed by atoms with Gasteiger partial charge in [-0.15, -0.1) is 22.0 Å². The highest BCUT2D eigenvalue weighted by Gasteiger charge is 2.20. The summed E-state index contributed by atoms with van der Waals surface area (Å²) < 4.78 is 8.12. The zero-order valence-corrected chi connectivity index (χ0v) is 20.8. The topological polar surface area (TPSA) is 70.7 Å². The number of tetrazole rings is 1. The predicted molar refractivity (Wildman–Crippen MR) is 136 cm³/mol. The van der Waals surface area contributed by atoms with Gasteiger partial charge in [-0.3, -0.25) is 0 Å². The van der Waals surface area contributed by atoms with Crippen molar-refractivity contribution in [2.24, 2.45) is 0 Å². The molecule has 0 atom stereocenters. The zero-order valence-electron chi connectivity index (χ0n) is 18.4. The second-order valence-electron chi connectivity index (χ2n) is 7.49. The molecule has 0 radical (unpaired) electrons. The summed E-state index contributed by atoms with van der Waals surface area (Å²) in [5.41, 5.74) is 4.09. The number of hydrogen-bond donors (Lipinski definition) is 0. The maximum Gasteiger partial charge on any atom is 0.209 e. The van der Waals surface area contributed by atoms with Crippen LogP contribution in [0.1, 0.15) is 11.1 Å². The summed E-state index contributed by atoms with van der Waals surface area (Å²) >= 11 is 5.35. The number of benzene rings is 3. The normalized spacial score (nSPS) is 11.0. The third-order valence-electron chi connectivity index (χ3n) is 5.20. The van der Waals surface area contributed by atoms with Gasteiger partial charge in [-0.05, 0) is 56.5 Å². The predicted octanol–water partition coefficient (Wildman–Crippen LogP) is 5.64. The lowest BCUT2D eigenvalue weighted by atomic mass is 10.2. The molecule has 0 fully saturated rings. The molecule has 0 spiro atoms. The van der Waals surface area contributed by atoms with Gasteiger partial charge in [0.15, 0.2) is 0 Å². The molecular weight excluding hydrogens is 512 g/mol. The Morgan fingerprint density at radius 1 is 0.912 bits per heavy atom. The van der Waals surface area contributed by atoms with Crippen molar-refractivity contribution in [3.63, 3.8) is 0 Å². The monoisotopic (exact) mass is 532 g/mol. The van der Waals surface area contributed by atoms with Crippen LogP contribution in [0.15, 0.2) is 94.6 Å². The molecule has 0 N–H and O–H groups in total.